The number of rotatable bonds is 4. The normalized spacial score (nSPS) is 10.4. The van der Waals surface area contributed by atoms with Crippen molar-refractivity contribution in [2.45, 2.75) is 6.61 Å². The number of ether oxygens (including phenoxy) is 1. The summed E-state index contributed by atoms with van der Waals surface area (Å²) in [6.45, 7) is 0.0725. The van der Waals surface area contributed by atoms with Gasteiger partial charge in [0.15, 0.2) is 3.83 Å². The van der Waals surface area contributed by atoms with E-state index in [-0.39, 0.29) is 12.2 Å². The van der Waals surface area contributed by atoms with Gasteiger partial charge in [0.25, 0.3) is 0 Å². The quantitative estimate of drug-likeness (QED) is 0.435. The molecule has 0 atom stereocenters. The molecule has 5 nitrogen and oxygen atoms in total. The summed E-state index contributed by atoms with van der Waals surface area (Å²) < 4.78 is 46.2. The number of aromatic amines is 1. The average Bonchev–Trinajstić information content (AvgIpc) is 2.71. The van der Waals surface area contributed by atoms with Crippen LogP contribution in [-0.2, 0) is 6.61 Å². The third-order valence-corrected chi connectivity index (χ3v) is 3.91. The minimum absolute atomic E-state index is 0.0725. The van der Waals surface area contributed by atoms with Crippen LogP contribution in [0.25, 0.3) is 11.1 Å². The second kappa shape index (κ2) is 8.80. The van der Waals surface area contributed by atoms with Gasteiger partial charge < -0.3 is 9.72 Å². The molecule has 0 bridgehead atoms. The Balaban J connectivity index is 1.89. The van der Waals surface area contributed by atoms with Crippen LogP contribution in [0.2, 0.25) is 0 Å². The molecule has 0 aliphatic carbocycles. The molecule has 0 saturated carbocycles. The van der Waals surface area contributed by atoms with Gasteiger partial charge in [-0.15, -0.1) is 0 Å². The van der Waals surface area contributed by atoms with E-state index < -0.39 is 17.6 Å². The van der Waals surface area contributed by atoms with Crippen molar-refractivity contribution in [2.75, 3.05) is 0 Å². The fourth-order valence-corrected chi connectivity index (χ4v) is 2.62. The number of nitrogens with zero attached hydrogens (tertiary/aromatic N) is 3. The van der Waals surface area contributed by atoms with Gasteiger partial charge in [0.05, 0.1) is 5.69 Å². The predicted octanol–water partition coefficient (Wildman–Crippen LogP) is 4.59. The summed E-state index contributed by atoms with van der Waals surface area (Å²) in [5.74, 6) is -1.71. The Morgan fingerprint density at radius 1 is 1.00 bits per heavy atom. The van der Waals surface area contributed by atoms with Crippen LogP contribution >= 0.6 is 22.6 Å². The second-order valence-corrected chi connectivity index (χ2v) is 6.31. The minimum atomic E-state index is -0.711. The van der Waals surface area contributed by atoms with E-state index in [1.165, 1.54) is 36.9 Å². The lowest BCUT2D eigenvalue weighted by Gasteiger charge is -2.04. The van der Waals surface area contributed by atoms with Crippen LogP contribution in [0.15, 0.2) is 55.1 Å². The van der Waals surface area contributed by atoms with E-state index in [4.69, 9.17) is 4.74 Å². The molecule has 3 rings (SSSR count). The summed E-state index contributed by atoms with van der Waals surface area (Å²) in [5, 5.41) is 0. The molecule has 0 aliphatic rings. The van der Waals surface area contributed by atoms with Crippen molar-refractivity contribution in [3.63, 3.8) is 0 Å². The van der Waals surface area contributed by atoms with Gasteiger partial charge in [-0.1, -0.05) is 0 Å². The Kier molecular flexibility index (Phi) is 6.22. The van der Waals surface area contributed by atoms with Crippen LogP contribution in [0.4, 0.5) is 13.2 Å². The van der Waals surface area contributed by atoms with Crippen LogP contribution in [0.1, 0.15) is 5.69 Å². The average molecular weight is 484 g/mol. The van der Waals surface area contributed by atoms with Gasteiger partial charge in [-0.05, 0) is 40.8 Å². The van der Waals surface area contributed by atoms with Gasteiger partial charge in [0.2, 0.25) is 5.95 Å². The van der Waals surface area contributed by atoms with Crippen LogP contribution in [0, 0.1) is 21.4 Å². The first-order chi connectivity index (χ1) is 13.0. The molecule has 0 saturated heterocycles. The van der Waals surface area contributed by atoms with E-state index in [2.05, 4.69) is 19.9 Å². The lowest BCUT2D eigenvalue weighted by Crippen LogP contribution is -1.99. The molecular formula is C18H12F3IN4O. The molecule has 3 aromatic rings. The van der Waals surface area contributed by atoms with Crippen LogP contribution in [0.3, 0.4) is 0 Å². The molecule has 0 radical (unpaired) electrons. The Morgan fingerprint density at radius 3 is 2.63 bits per heavy atom. The van der Waals surface area contributed by atoms with E-state index in [1.54, 1.807) is 0 Å². The molecule has 27 heavy (non-hydrogen) atoms. The van der Waals surface area contributed by atoms with E-state index in [0.29, 0.717) is 20.8 Å². The summed E-state index contributed by atoms with van der Waals surface area (Å²) in [4.78, 5) is 14.8. The fourth-order valence-electron chi connectivity index (χ4n) is 2.14. The SMILES string of the molecule is Fc1ccc(-c2cncc(COc3ccnc(F)c3)[nH]c(I)nc2)c(F)c1. The molecule has 0 spiro atoms. The number of aromatic nitrogens is 4. The predicted molar refractivity (Wildman–Crippen MR) is 101 cm³/mol. The summed E-state index contributed by atoms with van der Waals surface area (Å²) in [5.41, 5.74) is 1.09. The number of benzene rings is 1. The van der Waals surface area contributed by atoms with Crippen LogP contribution in [-0.4, -0.2) is 19.9 Å². The van der Waals surface area contributed by atoms with Crippen LogP contribution in [0.5, 0.6) is 5.75 Å². The zero-order chi connectivity index (χ0) is 19.2. The van der Waals surface area contributed by atoms with Crippen molar-refractivity contribution in [1.29, 1.82) is 0 Å². The number of halogens is 4. The van der Waals surface area contributed by atoms with Crippen molar-refractivity contribution in [2.24, 2.45) is 0 Å². The van der Waals surface area contributed by atoms with Gasteiger partial charge >= 0.3 is 0 Å². The molecule has 0 fully saturated rings. The molecule has 2 heterocycles. The zero-order valence-electron chi connectivity index (χ0n) is 13.7. The summed E-state index contributed by atoms with van der Waals surface area (Å²) in [6, 6.07) is 5.97. The maximum Gasteiger partial charge on any atom is 0.216 e. The number of H-pyrrole nitrogens is 1. The van der Waals surface area contributed by atoms with E-state index >= 15 is 0 Å². The maximum absolute atomic E-state index is 14.0. The van der Waals surface area contributed by atoms with E-state index in [1.807, 2.05) is 22.6 Å². The minimum Gasteiger partial charge on any atom is -0.487 e. The first kappa shape index (κ1) is 19.1. The second-order valence-electron chi connectivity index (χ2n) is 5.29. The van der Waals surface area contributed by atoms with E-state index in [9.17, 15) is 13.2 Å². The van der Waals surface area contributed by atoms with Gasteiger partial charge in [0, 0.05) is 48.0 Å². The van der Waals surface area contributed by atoms with Gasteiger partial charge in [-0.25, -0.2) is 18.7 Å². The molecular weight excluding hydrogens is 472 g/mol. The van der Waals surface area contributed by atoms with Crippen LogP contribution < -0.4 is 4.74 Å². The Labute approximate surface area is 166 Å². The van der Waals surface area contributed by atoms with E-state index in [0.717, 1.165) is 18.2 Å². The first-order valence-corrected chi connectivity index (χ1v) is 8.71. The molecule has 2 aromatic heterocycles. The third kappa shape index (κ3) is 5.39. The molecule has 0 amide bonds. The monoisotopic (exact) mass is 484 g/mol. The third-order valence-electron chi connectivity index (χ3n) is 3.36. The number of pyridine rings is 1. The summed E-state index contributed by atoms with van der Waals surface area (Å²) in [7, 11) is 0. The standard InChI is InChI=1S/C18H12F3IN4O/c19-12-1-2-15(16(20)5-12)11-7-23-9-13(26-18(22)25-8-11)10-27-14-3-4-24-17(21)6-14/h1-9H,10H2,(H,25,26). The Bertz CT molecular complexity index is 1010. The smallest absolute Gasteiger partial charge is 0.216 e. The molecule has 1 aromatic carbocycles. The number of hydrogen-bond donors (Lipinski definition) is 1. The summed E-state index contributed by atoms with van der Waals surface area (Å²) >= 11 is 1.95. The maximum atomic E-state index is 14.0. The van der Waals surface area contributed by atoms with Crippen molar-refractivity contribution in [1.82, 2.24) is 19.9 Å². The van der Waals surface area contributed by atoms with Crippen molar-refractivity contribution < 1.29 is 17.9 Å². The highest BCUT2D eigenvalue weighted by molar-refractivity contribution is 14.1. The Morgan fingerprint density at radius 2 is 1.85 bits per heavy atom. The van der Waals surface area contributed by atoms with Gasteiger partial charge in [-0.3, -0.25) is 4.98 Å². The highest BCUT2D eigenvalue weighted by Crippen LogP contribution is 2.21. The largest absolute Gasteiger partial charge is 0.487 e. The van der Waals surface area contributed by atoms with Crippen molar-refractivity contribution in [3.05, 3.63) is 82.2 Å². The zero-order valence-corrected chi connectivity index (χ0v) is 15.8. The topological polar surface area (TPSA) is 63.7 Å². The molecule has 0 unspecified atom stereocenters. The molecule has 9 heteroatoms. The molecule has 138 valence electrons. The van der Waals surface area contributed by atoms with Crippen molar-refractivity contribution in [3.8, 4) is 16.9 Å². The lowest BCUT2D eigenvalue weighted by atomic mass is 10.1. The van der Waals surface area contributed by atoms with Crippen molar-refractivity contribution >= 4 is 22.6 Å². The number of hydrogen-bond acceptors (Lipinski definition) is 4. The Hall–Kier alpha value is -2.69. The highest BCUT2D eigenvalue weighted by Gasteiger charge is 2.06. The first-order valence-electron chi connectivity index (χ1n) is 7.64. The lowest BCUT2D eigenvalue weighted by molar-refractivity contribution is 0.298. The molecule has 1 N–H and O–H groups in total. The van der Waals surface area contributed by atoms with Gasteiger partial charge in [0.1, 0.15) is 24.0 Å². The fraction of sp³-hybridized carbons (Fsp3) is 0.0556. The van der Waals surface area contributed by atoms with Gasteiger partial charge in [-0.2, -0.15) is 4.39 Å². The highest BCUT2D eigenvalue weighted by atomic mass is 127. The number of nitrogens with one attached hydrogen (secondary N) is 1. The summed E-state index contributed by atoms with van der Waals surface area (Å²) in [6.07, 6.45) is 5.60. The molecule has 0 aliphatic heterocycles.